The Hall–Kier alpha value is -2.07. The number of nitriles is 1. The number of carbonyl (C=O) groups is 1. The molecule has 1 aliphatic carbocycles. The van der Waals surface area contributed by atoms with E-state index in [1.165, 1.54) is 12.1 Å². The molecule has 1 aliphatic heterocycles. The van der Waals surface area contributed by atoms with E-state index < -0.39 is 23.6 Å². The first-order valence-corrected chi connectivity index (χ1v) is 8.94. The minimum Gasteiger partial charge on any atom is -0.297 e. The van der Waals surface area contributed by atoms with Gasteiger partial charge < -0.3 is 0 Å². The molecule has 1 aromatic carbocycles. The number of carbonyl (C=O) groups excluding carboxylic acids is 1. The second-order valence-corrected chi connectivity index (χ2v) is 8.59. The normalized spacial score (nSPS) is 25.7. The van der Waals surface area contributed by atoms with Gasteiger partial charge in [-0.15, -0.1) is 0 Å². The van der Waals surface area contributed by atoms with Crippen LogP contribution in [0.25, 0.3) is 0 Å². The minimum atomic E-state index is -4.45. The maximum Gasteiger partial charge on any atom is 0.416 e. The number of allylic oxidation sites excluding steroid dienone is 2. The molecule has 1 N–H and O–H groups in total. The summed E-state index contributed by atoms with van der Waals surface area (Å²) in [5, 5.41) is 17.9. The fraction of sp³-hybridized carbons (Fsp3) is 0.421. The second kappa shape index (κ2) is 6.27. The van der Waals surface area contributed by atoms with Crippen molar-refractivity contribution in [1.29, 1.82) is 10.7 Å². The van der Waals surface area contributed by atoms with Crippen LogP contribution in [0.4, 0.5) is 13.2 Å². The van der Waals surface area contributed by atoms with Crippen LogP contribution >= 0.6 is 11.8 Å². The zero-order chi connectivity index (χ0) is 19.3. The molecule has 0 spiro atoms. The van der Waals surface area contributed by atoms with E-state index in [0.717, 1.165) is 28.8 Å². The summed E-state index contributed by atoms with van der Waals surface area (Å²) >= 11 is 1.15. The van der Waals surface area contributed by atoms with Crippen LogP contribution in [0.15, 0.2) is 34.7 Å². The Balaban J connectivity index is 2.11. The van der Waals surface area contributed by atoms with Crippen LogP contribution in [0, 0.1) is 28.1 Å². The van der Waals surface area contributed by atoms with E-state index in [1.54, 1.807) is 0 Å². The number of thioether (sulfide) groups is 1. The summed E-state index contributed by atoms with van der Waals surface area (Å²) in [5.41, 5.74) is -0.0417. The van der Waals surface area contributed by atoms with E-state index in [4.69, 9.17) is 5.41 Å². The third-order valence-electron chi connectivity index (χ3n) is 4.78. The standard InChI is InChI=1S/C19H17F3N2OS/c1-18(2)7-13(25)16-14(8-18)26-17(24)12(9-23)15(16)10-3-5-11(6-4-10)19(20,21)22/h3-6,12,15,24H,7-8H2,1-2H3/t12-,15-/m1/s1. The van der Waals surface area contributed by atoms with Crippen molar-refractivity contribution in [3.05, 3.63) is 45.9 Å². The number of rotatable bonds is 1. The van der Waals surface area contributed by atoms with Gasteiger partial charge >= 0.3 is 6.18 Å². The SMILES string of the molecule is CC1(C)CC(=O)C2=C(C1)SC(=N)[C@H](C#N)[C@H]2c1ccc(C(F)(F)F)cc1. The van der Waals surface area contributed by atoms with Crippen molar-refractivity contribution in [2.75, 3.05) is 0 Å². The molecule has 2 aliphatic rings. The van der Waals surface area contributed by atoms with Crippen LogP contribution in [-0.4, -0.2) is 10.8 Å². The Kier molecular flexibility index (Phi) is 4.51. The molecule has 0 aromatic heterocycles. The molecule has 0 amide bonds. The first kappa shape index (κ1) is 18.7. The first-order chi connectivity index (χ1) is 12.0. The summed E-state index contributed by atoms with van der Waals surface area (Å²) in [6.45, 7) is 3.95. The molecule has 0 radical (unpaired) electrons. The van der Waals surface area contributed by atoms with Crippen LogP contribution in [0.5, 0.6) is 0 Å². The van der Waals surface area contributed by atoms with E-state index >= 15 is 0 Å². The molecule has 136 valence electrons. The van der Waals surface area contributed by atoms with Gasteiger partial charge in [0, 0.05) is 17.9 Å². The molecule has 3 nitrogen and oxygen atoms in total. The predicted molar refractivity (Wildman–Crippen MR) is 93.7 cm³/mol. The van der Waals surface area contributed by atoms with E-state index in [1.807, 2.05) is 13.8 Å². The number of nitrogens with one attached hydrogen (secondary N) is 1. The van der Waals surface area contributed by atoms with E-state index in [2.05, 4.69) is 6.07 Å². The third kappa shape index (κ3) is 3.30. The van der Waals surface area contributed by atoms with Crippen molar-refractivity contribution < 1.29 is 18.0 Å². The van der Waals surface area contributed by atoms with Crippen molar-refractivity contribution in [1.82, 2.24) is 0 Å². The highest BCUT2D eigenvalue weighted by atomic mass is 32.2. The Morgan fingerprint density at radius 1 is 1.23 bits per heavy atom. The van der Waals surface area contributed by atoms with Crippen LogP contribution in [0.3, 0.4) is 0 Å². The predicted octanol–water partition coefficient (Wildman–Crippen LogP) is 5.30. The van der Waals surface area contributed by atoms with Crippen LogP contribution < -0.4 is 0 Å². The number of nitrogens with zero attached hydrogens (tertiary/aromatic N) is 1. The van der Waals surface area contributed by atoms with E-state index in [0.29, 0.717) is 24.0 Å². The van der Waals surface area contributed by atoms with Gasteiger partial charge in [-0.3, -0.25) is 10.2 Å². The Morgan fingerprint density at radius 3 is 2.38 bits per heavy atom. The first-order valence-electron chi connectivity index (χ1n) is 8.13. The zero-order valence-corrected chi connectivity index (χ0v) is 15.1. The van der Waals surface area contributed by atoms with Gasteiger partial charge in [0.05, 0.1) is 16.7 Å². The summed E-state index contributed by atoms with van der Waals surface area (Å²) in [7, 11) is 0. The zero-order valence-electron chi connectivity index (χ0n) is 14.3. The Morgan fingerprint density at radius 2 is 1.85 bits per heavy atom. The van der Waals surface area contributed by atoms with Gasteiger partial charge in [-0.1, -0.05) is 37.7 Å². The van der Waals surface area contributed by atoms with E-state index in [-0.39, 0.29) is 16.2 Å². The molecule has 7 heteroatoms. The number of alkyl halides is 3. The molecule has 2 atom stereocenters. The molecule has 0 bridgehead atoms. The van der Waals surface area contributed by atoms with Crippen molar-refractivity contribution >= 4 is 22.6 Å². The lowest BCUT2D eigenvalue weighted by molar-refractivity contribution is -0.137. The van der Waals surface area contributed by atoms with Crippen molar-refractivity contribution in [2.45, 2.75) is 38.8 Å². The second-order valence-electron chi connectivity index (χ2n) is 7.45. The number of ketones is 1. The van der Waals surface area contributed by atoms with Gasteiger partial charge in [0.15, 0.2) is 5.78 Å². The number of hydrogen-bond acceptors (Lipinski definition) is 4. The van der Waals surface area contributed by atoms with Gasteiger partial charge in [-0.05, 0) is 34.4 Å². The minimum absolute atomic E-state index is 0.0820. The fourth-order valence-electron chi connectivity index (χ4n) is 3.60. The van der Waals surface area contributed by atoms with Crippen molar-refractivity contribution in [3.8, 4) is 6.07 Å². The van der Waals surface area contributed by atoms with Crippen molar-refractivity contribution in [3.63, 3.8) is 0 Å². The summed E-state index contributed by atoms with van der Waals surface area (Å²) in [6.07, 6.45) is -3.50. The fourth-order valence-corrected chi connectivity index (χ4v) is 5.00. The molecule has 1 heterocycles. The smallest absolute Gasteiger partial charge is 0.297 e. The third-order valence-corrected chi connectivity index (χ3v) is 5.86. The highest BCUT2D eigenvalue weighted by Crippen LogP contribution is 2.52. The number of Topliss-reactive ketones (excluding diaryl/α,β-unsaturated/α-hetero) is 1. The molecule has 0 fully saturated rings. The molecule has 26 heavy (non-hydrogen) atoms. The topological polar surface area (TPSA) is 64.7 Å². The number of benzene rings is 1. The Labute approximate surface area is 153 Å². The lowest BCUT2D eigenvalue weighted by Crippen LogP contribution is -2.35. The molecular formula is C19H17F3N2OS. The number of hydrogen-bond donors (Lipinski definition) is 1. The average Bonchev–Trinajstić information content (AvgIpc) is 2.51. The van der Waals surface area contributed by atoms with Gasteiger partial charge in [0.1, 0.15) is 5.92 Å². The van der Waals surface area contributed by atoms with Crippen LogP contribution in [-0.2, 0) is 11.0 Å². The van der Waals surface area contributed by atoms with Crippen molar-refractivity contribution in [2.24, 2.45) is 11.3 Å². The summed E-state index contributed by atoms with van der Waals surface area (Å²) in [5.74, 6) is -1.63. The van der Waals surface area contributed by atoms with Crippen LogP contribution in [0.2, 0.25) is 0 Å². The van der Waals surface area contributed by atoms with Gasteiger partial charge in [-0.25, -0.2) is 0 Å². The highest BCUT2D eigenvalue weighted by Gasteiger charge is 2.45. The molecule has 1 aromatic rings. The van der Waals surface area contributed by atoms with Crippen LogP contribution in [0.1, 0.15) is 43.7 Å². The summed E-state index contributed by atoms with van der Waals surface area (Å²) in [6, 6.07) is 6.63. The van der Waals surface area contributed by atoms with E-state index in [9.17, 15) is 23.2 Å². The summed E-state index contributed by atoms with van der Waals surface area (Å²) in [4.78, 5) is 13.6. The van der Waals surface area contributed by atoms with Gasteiger partial charge in [0.25, 0.3) is 0 Å². The number of halogens is 3. The summed E-state index contributed by atoms with van der Waals surface area (Å²) < 4.78 is 38.5. The highest BCUT2D eigenvalue weighted by molar-refractivity contribution is 8.17. The molecule has 0 saturated carbocycles. The maximum absolute atomic E-state index is 12.8. The molecule has 0 saturated heterocycles. The maximum atomic E-state index is 12.8. The molecule has 3 rings (SSSR count). The monoisotopic (exact) mass is 378 g/mol. The molecular weight excluding hydrogens is 361 g/mol. The van der Waals surface area contributed by atoms with Gasteiger partial charge in [0.2, 0.25) is 0 Å². The largest absolute Gasteiger partial charge is 0.416 e. The lowest BCUT2D eigenvalue weighted by Gasteiger charge is -2.39. The quantitative estimate of drug-likeness (QED) is 0.721. The molecule has 0 unspecified atom stereocenters. The Bertz CT molecular complexity index is 847. The average molecular weight is 378 g/mol. The van der Waals surface area contributed by atoms with Gasteiger partial charge in [-0.2, -0.15) is 18.4 Å². The lowest BCUT2D eigenvalue weighted by atomic mass is 9.70.